The van der Waals surface area contributed by atoms with E-state index in [1.165, 1.54) is 16.0 Å². The molecule has 2 nitrogen and oxygen atoms in total. The zero-order valence-corrected chi connectivity index (χ0v) is 15.5. The van der Waals surface area contributed by atoms with Crippen LogP contribution in [0.5, 0.6) is 0 Å². The third-order valence-corrected chi connectivity index (χ3v) is 5.13. The average molecular weight is 342 g/mol. The van der Waals surface area contributed by atoms with Gasteiger partial charge < -0.3 is 10.8 Å². The number of thiophene rings is 1. The van der Waals surface area contributed by atoms with Gasteiger partial charge in [0.1, 0.15) is 0 Å². The van der Waals surface area contributed by atoms with Crippen LogP contribution in [0.4, 0.5) is 0 Å². The van der Waals surface area contributed by atoms with Crippen molar-refractivity contribution in [1.82, 2.24) is 0 Å². The summed E-state index contributed by atoms with van der Waals surface area (Å²) in [6, 6.07) is 12.9. The number of aliphatic hydroxyl groups excluding tert-OH is 1. The lowest BCUT2D eigenvalue weighted by Crippen LogP contribution is -2.40. The van der Waals surface area contributed by atoms with Gasteiger partial charge in [-0.05, 0) is 57.2 Å². The van der Waals surface area contributed by atoms with Crippen molar-refractivity contribution in [1.29, 1.82) is 0 Å². The van der Waals surface area contributed by atoms with E-state index < -0.39 is 5.54 Å². The second kappa shape index (κ2) is 9.03. The van der Waals surface area contributed by atoms with Gasteiger partial charge in [0.25, 0.3) is 0 Å². The Morgan fingerprint density at radius 3 is 2.58 bits per heavy atom. The minimum absolute atomic E-state index is 0.0199. The number of hydrogen-bond acceptors (Lipinski definition) is 3. The molecular formula is C21H27NOS. The summed E-state index contributed by atoms with van der Waals surface area (Å²) in [5, 5.41) is 9.20. The maximum atomic E-state index is 9.20. The van der Waals surface area contributed by atoms with Crippen LogP contribution in [-0.2, 0) is 12.8 Å². The summed E-state index contributed by atoms with van der Waals surface area (Å²) < 4.78 is 0. The maximum absolute atomic E-state index is 9.20. The van der Waals surface area contributed by atoms with Crippen LogP contribution >= 0.6 is 11.3 Å². The SMILES string of the molecule is Cc1ccc(CCCC#Cc2ccc(CCC(C)(N)CO)s2)cc1. The molecule has 0 aliphatic rings. The fourth-order valence-corrected chi connectivity index (χ4v) is 3.23. The van der Waals surface area contributed by atoms with Crippen LogP contribution in [0.15, 0.2) is 36.4 Å². The zero-order valence-electron chi connectivity index (χ0n) is 14.6. The van der Waals surface area contributed by atoms with Gasteiger partial charge in [0.05, 0.1) is 11.5 Å². The Hall–Kier alpha value is -1.60. The van der Waals surface area contributed by atoms with Crippen LogP contribution in [-0.4, -0.2) is 17.3 Å². The highest BCUT2D eigenvalue weighted by Gasteiger charge is 2.16. The second-order valence-electron chi connectivity index (χ2n) is 6.72. The summed E-state index contributed by atoms with van der Waals surface area (Å²) in [6.45, 7) is 4.02. The Kier molecular flexibility index (Phi) is 7.05. The van der Waals surface area contributed by atoms with Gasteiger partial charge in [-0.15, -0.1) is 11.3 Å². The van der Waals surface area contributed by atoms with E-state index >= 15 is 0 Å². The first-order valence-corrected chi connectivity index (χ1v) is 9.33. The molecule has 0 fully saturated rings. The third-order valence-electron chi connectivity index (χ3n) is 4.06. The molecule has 0 radical (unpaired) electrons. The van der Waals surface area contributed by atoms with Gasteiger partial charge >= 0.3 is 0 Å². The van der Waals surface area contributed by atoms with Crippen molar-refractivity contribution >= 4 is 11.3 Å². The van der Waals surface area contributed by atoms with Crippen molar-refractivity contribution in [3.8, 4) is 11.8 Å². The summed E-state index contributed by atoms with van der Waals surface area (Å²) >= 11 is 1.73. The highest BCUT2D eigenvalue weighted by Crippen LogP contribution is 2.19. The third kappa shape index (κ3) is 6.49. The Morgan fingerprint density at radius 1 is 1.12 bits per heavy atom. The first kappa shape index (κ1) is 18.7. The van der Waals surface area contributed by atoms with Gasteiger partial charge in [0.2, 0.25) is 0 Å². The van der Waals surface area contributed by atoms with Crippen molar-refractivity contribution in [3.63, 3.8) is 0 Å². The summed E-state index contributed by atoms with van der Waals surface area (Å²) in [5.41, 5.74) is 8.16. The first-order valence-electron chi connectivity index (χ1n) is 8.51. The standard InChI is InChI=1S/C21H27NOS/c1-17-8-10-18(11-9-17)6-4-3-5-7-19-12-13-20(24-19)14-15-21(2,22)16-23/h8-13,23H,3-4,6,14-16,22H2,1-2H3. The van der Waals surface area contributed by atoms with E-state index in [2.05, 4.69) is 55.2 Å². The van der Waals surface area contributed by atoms with E-state index in [9.17, 15) is 5.11 Å². The number of aryl methyl sites for hydroxylation is 3. The quantitative estimate of drug-likeness (QED) is 0.589. The maximum Gasteiger partial charge on any atom is 0.0771 e. The van der Waals surface area contributed by atoms with Crippen LogP contribution in [0.1, 0.15) is 47.1 Å². The molecule has 3 N–H and O–H groups in total. The zero-order chi connectivity index (χ0) is 17.4. The van der Waals surface area contributed by atoms with Crippen molar-refractivity contribution < 1.29 is 5.11 Å². The van der Waals surface area contributed by atoms with E-state index in [4.69, 9.17) is 5.73 Å². The van der Waals surface area contributed by atoms with Gasteiger partial charge in [0, 0.05) is 16.8 Å². The molecule has 0 saturated carbocycles. The van der Waals surface area contributed by atoms with Crippen LogP contribution in [0, 0.1) is 18.8 Å². The second-order valence-corrected chi connectivity index (χ2v) is 7.89. The summed E-state index contributed by atoms with van der Waals surface area (Å²) in [6.07, 6.45) is 4.78. The predicted octanol–water partition coefficient (Wildman–Crippen LogP) is 4.07. The molecule has 1 aromatic heterocycles. The molecule has 1 unspecified atom stereocenters. The van der Waals surface area contributed by atoms with Crippen molar-refractivity contribution in [2.45, 2.75) is 51.5 Å². The molecule has 0 amide bonds. The fraction of sp³-hybridized carbons (Fsp3) is 0.429. The molecule has 2 aromatic rings. The van der Waals surface area contributed by atoms with E-state index in [0.29, 0.717) is 0 Å². The van der Waals surface area contributed by atoms with Gasteiger partial charge in [-0.25, -0.2) is 0 Å². The molecule has 0 spiro atoms. The topological polar surface area (TPSA) is 46.2 Å². The molecule has 0 bridgehead atoms. The predicted molar refractivity (Wildman–Crippen MR) is 103 cm³/mol. The minimum Gasteiger partial charge on any atom is -0.394 e. The number of benzene rings is 1. The van der Waals surface area contributed by atoms with Gasteiger partial charge in [0.15, 0.2) is 0 Å². The molecule has 0 saturated heterocycles. The first-order chi connectivity index (χ1) is 11.5. The molecule has 0 aliphatic carbocycles. The lowest BCUT2D eigenvalue weighted by molar-refractivity contribution is 0.201. The van der Waals surface area contributed by atoms with Crippen LogP contribution in [0.3, 0.4) is 0 Å². The normalized spacial score (nSPS) is 13.2. The Labute approximate surface area is 149 Å². The molecule has 2 rings (SSSR count). The highest BCUT2D eigenvalue weighted by molar-refractivity contribution is 7.12. The molecule has 0 aliphatic heterocycles. The Bertz CT molecular complexity index is 689. The van der Waals surface area contributed by atoms with Crippen LogP contribution in [0.2, 0.25) is 0 Å². The molecule has 24 heavy (non-hydrogen) atoms. The lowest BCUT2D eigenvalue weighted by Gasteiger charge is -2.20. The minimum atomic E-state index is -0.494. The van der Waals surface area contributed by atoms with E-state index in [1.807, 2.05) is 6.92 Å². The van der Waals surface area contributed by atoms with Gasteiger partial charge in [-0.3, -0.25) is 0 Å². The van der Waals surface area contributed by atoms with E-state index in [1.54, 1.807) is 11.3 Å². The number of hydrogen-bond donors (Lipinski definition) is 2. The molecule has 1 heterocycles. The molecule has 128 valence electrons. The number of unbranched alkanes of at least 4 members (excludes halogenated alkanes) is 1. The van der Waals surface area contributed by atoms with Crippen LogP contribution in [0.25, 0.3) is 0 Å². The van der Waals surface area contributed by atoms with Crippen molar-refractivity contribution in [3.05, 3.63) is 57.3 Å². The Morgan fingerprint density at radius 2 is 1.88 bits per heavy atom. The Balaban J connectivity index is 1.74. The monoisotopic (exact) mass is 341 g/mol. The molecule has 1 atom stereocenters. The fourth-order valence-electron chi connectivity index (χ4n) is 2.35. The average Bonchev–Trinajstić information content (AvgIpc) is 3.02. The molecule has 1 aromatic carbocycles. The smallest absolute Gasteiger partial charge is 0.0771 e. The summed E-state index contributed by atoms with van der Waals surface area (Å²) in [4.78, 5) is 2.40. The lowest BCUT2D eigenvalue weighted by atomic mass is 9.98. The van der Waals surface area contributed by atoms with E-state index in [-0.39, 0.29) is 6.61 Å². The number of nitrogens with two attached hydrogens (primary N) is 1. The van der Waals surface area contributed by atoms with E-state index in [0.717, 1.165) is 37.0 Å². The molecular weight excluding hydrogens is 314 g/mol. The molecule has 3 heteroatoms. The largest absolute Gasteiger partial charge is 0.394 e. The van der Waals surface area contributed by atoms with Gasteiger partial charge in [-0.2, -0.15) is 0 Å². The highest BCUT2D eigenvalue weighted by atomic mass is 32.1. The number of aliphatic hydroxyl groups is 1. The van der Waals surface area contributed by atoms with Crippen molar-refractivity contribution in [2.24, 2.45) is 5.73 Å². The number of rotatable bonds is 7. The summed E-state index contributed by atoms with van der Waals surface area (Å²) in [5.74, 6) is 6.54. The summed E-state index contributed by atoms with van der Waals surface area (Å²) in [7, 11) is 0. The van der Waals surface area contributed by atoms with Crippen LogP contribution < -0.4 is 5.73 Å². The van der Waals surface area contributed by atoms with Crippen molar-refractivity contribution in [2.75, 3.05) is 6.61 Å². The van der Waals surface area contributed by atoms with Gasteiger partial charge in [-0.1, -0.05) is 41.7 Å².